The minimum Gasteiger partial charge on any atom is -0.429 e. The predicted molar refractivity (Wildman–Crippen MR) is 122 cm³/mol. The largest absolute Gasteiger partial charge is 0.432 e. The molecule has 1 fully saturated rings. The first kappa shape index (κ1) is 27.0. The molecule has 0 bridgehead atoms. The molecular weight excluding hydrogens is 502 g/mol. The summed E-state index contributed by atoms with van der Waals surface area (Å²) in [5.41, 5.74) is -0.913. The summed E-state index contributed by atoms with van der Waals surface area (Å²) in [4.78, 5) is 0. The molecule has 1 aliphatic rings. The van der Waals surface area contributed by atoms with Gasteiger partial charge >= 0.3 is 6.11 Å². The molecule has 0 amide bonds. The molecule has 10 heteroatoms. The highest BCUT2D eigenvalue weighted by atomic mass is 19.3. The lowest BCUT2D eigenvalue weighted by Gasteiger charge is -2.29. The third-order valence-electron chi connectivity index (χ3n) is 5.80. The highest BCUT2D eigenvalue weighted by Crippen LogP contribution is 2.38. The smallest absolute Gasteiger partial charge is 0.429 e. The topological polar surface area (TPSA) is 36.9 Å². The van der Waals surface area contributed by atoms with Gasteiger partial charge in [0.15, 0.2) is 17.9 Å². The molecule has 3 aromatic carbocycles. The van der Waals surface area contributed by atoms with Crippen molar-refractivity contribution >= 4 is 0 Å². The summed E-state index contributed by atoms with van der Waals surface area (Å²) in [6.07, 6.45) is -5.11. The van der Waals surface area contributed by atoms with Crippen LogP contribution in [0.4, 0.5) is 26.3 Å². The molecule has 4 rings (SSSR count). The van der Waals surface area contributed by atoms with Crippen molar-refractivity contribution in [2.45, 2.75) is 26.2 Å². The number of alkyl halides is 2. The average molecular weight is 526 g/mol. The van der Waals surface area contributed by atoms with Gasteiger partial charge in [-0.1, -0.05) is 24.3 Å². The van der Waals surface area contributed by atoms with Gasteiger partial charge in [0.2, 0.25) is 0 Å². The Morgan fingerprint density at radius 1 is 0.865 bits per heavy atom. The Morgan fingerprint density at radius 3 is 2.05 bits per heavy atom. The van der Waals surface area contributed by atoms with Crippen molar-refractivity contribution in [3.05, 3.63) is 88.5 Å². The van der Waals surface area contributed by atoms with E-state index in [1.807, 2.05) is 6.92 Å². The standard InChI is InChI=1S/C27H24F6O4/c1-3-34-12-16-13-35-26(36-14-16)18-6-4-17(5-7-18)19-9-21(28)24(22(29)10-19)27(32,33)37-20-8-15(2)25(31)23(30)11-20/h4-11,16,26H,3,12-14H2,1-2H3. The lowest BCUT2D eigenvalue weighted by molar-refractivity contribution is -0.211. The van der Waals surface area contributed by atoms with Crippen LogP contribution in [0.5, 0.6) is 5.75 Å². The normalized spacial score (nSPS) is 18.2. The van der Waals surface area contributed by atoms with Crippen molar-refractivity contribution in [2.24, 2.45) is 5.92 Å². The van der Waals surface area contributed by atoms with Gasteiger partial charge in [-0.15, -0.1) is 0 Å². The van der Waals surface area contributed by atoms with E-state index in [2.05, 4.69) is 4.74 Å². The summed E-state index contributed by atoms with van der Waals surface area (Å²) >= 11 is 0. The van der Waals surface area contributed by atoms with Crippen molar-refractivity contribution in [1.29, 1.82) is 0 Å². The van der Waals surface area contributed by atoms with Crippen molar-refractivity contribution in [2.75, 3.05) is 26.4 Å². The fourth-order valence-electron chi connectivity index (χ4n) is 3.92. The Labute approximate surface area is 209 Å². The van der Waals surface area contributed by atoms with Crippen LogP contribution in [-0.4, -0.2) is 26.4 Å². The summed E-state index contributed by atoms with van der Waals surface area (Å²) in [5.74, 6) is -6.47. The first-order valence-corrected chi connectivity index (χ1v) is 11.5. The first-order valence-electron chi connectivity index (χ1n) is 11.5. The van der Waals surface area contributed by atoms with E-state index in [-0.39, 0.29) is 17.0 Å². The van der Waals surface area contributed by atoms with E-state index in [1.165, 1.54) is 0 Å². The number of rotatable bonds is 8. The van der Waals surface area contributed by atoms with Crippen LogP contribution in [0.1, 0.15) is 29.9 Å². The van der Waals surface area contributed by atoms with Crippen molar-refractivity contribution < 1.29 is 45.3 Å². The van der Waals surface area contributed by atoms with Gasteiger partial charge in [-0.25, -0.2) is 17.6 Å². The predicted octanol–water partition coefficient (Wildman–Crippen LogP) is 7.04. The van der Waals surface area contributed by atoms with Crippen LogP contribution in [-0.2, 0) is 20.3 Å². The summed E-state index contributed by atoms with van der Waals surface area (Å²) in [6, 6.07) is 9.07. The SMILES string of the molecule is CCOCC1COC(c2ccc(-c3cc(F)c(C(F)(F)Oc4cc(C)c(F)c(F)c4)c(F)c3)cc2)OC1. The van der Waals surface area contributed by atoms with Crippen LogP contribution in [0.3, 0.4) is 0 Å². The summed E-state index contributed by atoms with van der Waals surface area (Å²) in [7, 11) is 0. The molecular formula is C27H24F6O4. The van der Waals surface area contributed by atoms with E-state index in [4.69, 9.17) is 14.2 Å². The third kappa shape index (κ3) is 6.08. The van der Waals surface area contributed by atoms with Gasteiger partial charge in [-0.05, 0) is 48.7 Å². The molecule has 3 aromatic rings. The zero-order chi connectivity index (χ0) is 26.7. The number of hydrogen-bond donors (Lipinski definition) is 0. The van der Waals surface area contributed by atoms with Gasteiger partial charge in [-0.2, -0.15) is 8.78 Å². The zero-order valence-electron chi connectivity index (χ0n) is 20.0. The van der Waals surface area contributed by atoms with Gasteiger partial charge in [-0.3, -0.25) is 0 Å². The van der Waals surface area contributed by atoms with Crippen molar-refractivity contribution in [3.63, 3.8) is 0 Å². The maximum atomic E-state index is 14.7. The minimum absolute atomic E-state index is 0.00651. The van der Waals surface area contributed by atoms with E-state index >= 15 is 0 Å². The van der Waals surface area contributed by atoms with Crippen molar-refractivity contribution in [1.82, 2.24) is 0 Å². The van der Waals surface area contributed by atoms with Crippen LogP contribution in [0, 0.1) is 36.1 Å². The van der Waals surface area contributed by atoms with Crippen LogP contribution in [0.25, 0.3) is 11.1 Å². The molecule has 0 aliphatic carbocycles. The maximum Gasteiger partial charge on any atom is 0.432 e. The molecule has 0 aromatic heterocycles. The van der Waals surface area contributed by atoms with E-state index in [1.54, 1.807) is 24.3 Å². The summed E-state index contributed by atoms with van der Waals surface area (Å²) in [5, 5.41) is 0. The second kappa shape index (κ2) is 11.1. The van der Waals surface area contributed by atoms with Gasteiger partial charge < -0.3 is 18.9 Å². The van der Waals surface area contributed by atoms with Gasteiger partial charge in [0, 0.05) is 24.2 Å². The molecule has 37 heavy (non-hydrogen) atoms. The molecule has 4 nitrogen and oxygen atoms in total. The van der Waals surface area contributed by atoms with Crippen LogP contribution >= 0.6 is 0 Å². The van der Waals surface area contributed by atoms with Gasteiger partial charge in [0.05, 0.1) is 19.8 Å². The van der Waals surface area contributed by atoms with E-state index < -0.39 is 47.0 Å². The Hall–Kier alpha value is -3.08. The fraction of sp³-hybridized carbons (Fsp3) is 0.333. The second-order valence-corrected chi connectivity index (χ2v) is 8.62. The first-order chi connectivity index (χ1) is 17.6. The number of aryl methyl sites for hydroxylation is 1. The average Bonchev–Trinajstić information content (AvgIpc) is 2.85. The van der Waals surface area contributed by atoms with Gasteiger partial charge in [0.1, 0.15) is 22.9 Å². The fourth-order valence-corrected chi connectivity index (χ4v) is 3.92. The monoisotopic (exact) mass is 526 g/mol. The third-order valence-corrected chi connectivity index (χ3v) is 5.80. The van der Waals surface area contributed by atoms with Crippen molar-refractivity contribution in [3.8, 4) is 16.9 Å². The van der Waals surface area contributed by atoms with E-state index in [0.717, 1.165) is 25.1 Å². The number of halogens is 6. The molecule has 0 atom stereocenters. The molecule has 0 spiro atoms. The number of benzene rings is 3. The zero-order valence-corrected chi connectivity index (χ0v) is 20.0. The molecule has 0 saturated carbocycles. The summed E-state index contributed by atoms with van der Waals surface area (Å²) in [6.45, 7) is 5.06. The molecule has 0 N–H and O–H groups in total. The molecule has 1 saturated heterocycles. The number of hydrogen-bond acceptors (Lipinski definition) is 4. The Morgan fingerprint density at radius 2 is 1.49 bits per heavy atom. The lowest BCUT2D eigenvalue weighted by Crippen LogP contribution is -2.30. The maximum absolute atomic E-state index is 14.7. The summed E-state index contributed by atoms with van der Waals surface area (Å²) < 4.78 is 107. The molecule has 0 unspecified atom stereocenters. The number of ether oxygens (including phenoxy) is 4. The molecule has 198 valence electrons. The highest BCUT2D eigenvalue weighted by molar-refractivity contribution is 5.64. The Bertz CT molecular complexity index is 1190. The quantitative estimate of drug-likeness (QED) is 0.295. The van der Waals surface area contributed by atoms with Crippen LogP contribution in [0.2, 0.25) is 0 Å². The van der Waals surface area contributed by atoms with Crippen LogP contribution in [0.15, 0.2) is 48.5 Å². The molecule has 0 radical (unpaired) electrons. The van der Waals surface area contributed by atoms with E-state index in [9.17, 15) is 26.3 Å². The minimum atomic E-state index is -4.50. The highest BCUT2D eigenvalue weighted by Gasteiger charge is 2.41. The molecule has 1 aliphatic heterocycles. The Kier molecular flexibility index (Phi) is 8.11. The van der Waals surface area contributed by atoms with Crippen LogP contribution < -0.4 is 4.74 Å². The van der Waals surface area contributed by atoms with E-state index in [0.29, 0.717) is 43.6 Å². The van der Waals surface area contributed by atoms with Gasteiger partial charge in [0.25, 0.3) is 0 Å². The Balaban J connectivity index is 1.50. The molecule has 1 heterocycles. The lowest BCUT2D eigenvalue weighted by atomic mass is 10.0. The second-order valence-electron chi connectivity index (χ2n) is 8.62.